The topological polar surface area (TPSA) is 65.0 Å². The Labute approximate surface area is 193 Å². The van der Waals surface area contributed by atoms with Gasteiger partial charge in [0.1, 0.15) is 4.90 Å². The second-order valence-corrected chi connectivity index (χ2v) is 9.41. The molecule has 5 nitrogen and oxygen atoms in total. The Bertz CT molecular complexity index is 1210. The molecule has 0 aliphatic carbocycles. The zero-order chi connectivity index (χ0) is 21.9. The predicted molar refractivity (Wildman–Crippen MR) is 123 cm³/mol. The third kappa shape index (κ3) is 5.16. The van der Waals surface area contributed by atoms with E-state index in [0.717, 1.165) is 11.3 Å². The summed E-state index contributed by atoms with van der Waals surface area (Å²) in [6.07, 6.45) is 1.63. The van der Waals surface area contributed by atoms with Crippen molar-refractivity contribution in [3.63, 3.8) is 0 Å². The van der Waals surface area contributed by atoms with E-state index in [-0.39, 0.29) is 16.4 Å². The van der Waals surface area contributed by atoms with Gasteiger partial charge < -0.3 is 8.92 Å². The predicted octanol–water partition coefficient (Wildman–Crippen LogP) is 6.59. The molecule has 0 saturated heterocycles. The maximum absolute atomic E-state index is 12.6. The molecule has 3 rings (SSSR count). The molecular formula is C21H16BrCl2NO4S. The van der Waals surface area contributed by atoms with Crippen molar-refractivity contribution in [2.45, 2.75) is 11.8 Å². The van der Waals surface area contributed by atoms with Gasteiger partial charge in [0.05, 0.1) is 17.3 Å². The van der Waals surface area contributed by atoms with Gasteiger partial charge in [-0.2, -0.15) is 8.42 Å². The van der Waals surface area contributed by atoms with Gasteiger partial charge in [0, 0.05) is 16.3 Å². The summed E-state index contributed by atoms with van der Waals surface area (Å²) in [7, 11) is -2.66. The van der Waals surface area contributed by atoms with E-state index in [1.807, 2.05) is 19.1 Å². The first-order chi connectivity index (χ1) is 14.2. The largest absolute Gasteiger partial charge is 0.493 e. The third-order valence-electron chi connectivity index (χ3n) is 4.14. The highest BCUT2D eigenvalue weighted by Gasteiger charge is 2.22. The van der Waals surface area contributed by atoms with Crippen molar-refractivity contribution in [3.8, 4) is 11.5 Å². The summed E-state index contributed by atoms with van der Waals surface area (Å²) in [6, 6.07) is 14.4. The number of nitrogens with zero attached hydrogens (tertiary/aromatic N) is 1. The third-order valence-corrected chi connectivity index (χ3v) is 6.63. The molecule has 0 fully saturated rings. The first-order valence-electron chi connectivity index (χ1n) is 8.58. The van der Waals surface area contributed by atoms with Crippen LogP contribution < -0.4 is 8.92 Å². The summed E-state index contributed by atoms with van der Waals surface area (Å²) in [5.74, 6) is 0.259. The Hall–Kier alpha value is -2.06. The average molecular weight is 529 g/mol. The van der Waals surface area contributed by atoms with Crippen LogP contribution in [0.1, 0.15) is 11.1 Å². The number of hydrogen-bond acceptors (Lipinski definition) is 5. The van der Waals surface area contributed by atoms with Crippen LogP contribution in [-0.2, 0) is 10.1 Å². The molecule has 3 aromatic rings. The number of hydrogen-bond donors (Lipinski definition) is 0. The molecule has 0 spiro atoms. The van der Waals surface area contributed by atoms with E-state index in [0.29, 0.717) is 20.1 Å². The minimum Gasteiger partial charge on any atom is -0.493 e. The quantitative estimate of drug-likeness (QED) is 0.267. The Morgan fingerprint density at radius 1 is 1.07 bits per heavy atom. The first-order valence-corrected chi connectivity index (χ1v) is 11.5. The van der Waals surface area contributed by atoms with E-state index in [9.17, 15) is 8.42 Å². The van der Waals surface area contributed by atoms with E-state index in [2.05, 4.69) is 20.9 Å². The summed E-state index contributed by atoms with van der Waals surface area (Å²) in [4.78, 5) is 4.43. The van der Waals surface area contributed by atoms with E-state index in [1.165, 1.54) is 31.4 Å². The lowest BCUT2D eigenvalue weighted by Crippen LogP contribution is -2.11. The van der Waals surface area contributed by atoms with Crippen LogP contribution in [0.25, 0.3) is 0 Å². The van der Waals surface area contributed by atoms with Gasteiger partial charge in [-0.3, -0.25) is 4.99 Å². The van der Waals surface area contributed by atoms with Gasteiger partial charge in [-0.15, -0.1) is 0 Å². The van der Waals surface area contributed by atoms with Crippen LogP contribution in [0, 0.1) is 6.92 Å². The summed E-state index contributed by atoms with van der Waals surface area (Å²) >= 11 is 15.3. The molecule has 156 valence electrons. The van der Waals surface area contributed by atoms with Crippen LogP contribution in [0.5, 0.6) is 11.5 Å². The van der Waals surface area contributed by atoms with E-state index < -0.39 is 10.1 Å². The van der Waals surface area contributed by atoms with Crippen molar-refractivity contribution in [2.75, 3.05) is 7.11 Å². The molecule has 0 aromatic heterocycles. The normalized spacial score (nSPS) is 11.6. The van der Waals surface area contributed by atoms with Gasteiger partial charge in [0.2, 0.25) is 0 Å². The zero-order valence-electron chi connectivity index (χ0n) is 15.9. The van der Waals surface area contributed by atoms with Crippen molar-refractivity contribution < 1.29 is 17.3 Å². The van der Waals surface area contributed by atoms with Crippen molar-refractivity contribution in [1.82, 2.24) is 0 Å². The number of methoxy groups -OCH3 is 1. The molecule has 0 aliphatic heterocycles. The Balaban J connectivity index is 1.93. The highest BCUT2D eigenvalue weighted by molar-refractivity contribution is 9.10. The van der Waals surface area contributed by atoms with Crippen molar-refractivity contribution >= 4 is 61.2 Å². The molecule has 0 N–H and O–H groups in total. The summed E-state index contributed by atoms with van der Waals surface area (Å²) < 4.78 is 36.3. The van der Waals surface area contributed by atoms with Crippen LogP contribution in [-0.4, -0.2) is 21.7 Å². The molecule has 0 heterocycles. The van der Waals surface area contributed by atoms with Gasteiger partial charge in [-0.25, -0.2) is 0 Å². The maximum Gasteiger partial charge on any atom is 0.339 e. The fourth-order valence-corrected chi connectivity index (χ4v) is 4.43. The molecule has 0 radical (unpaired) electrons. The summed E-state index contributed by atoms with van der Waals surface area (Å²) in [5.41, 5.74) is 2.26. The molecule has 0 amide bonds. The minimum atomic E-state index is -4.08. The SMILES string of the molecule is COc1cc(C=Nc2cccc(Cl)c2C)cc(Br)c1OS(=O)(=O)c1ccc(Cl)cc1. The number of aliphatic imine (C=N–C) groups is 1. The Morgan fingerprint density at radius 2 is 1.77 bits per heavy atom. The Kier molecular flexibility index (Phi) is 7.08. The lowest BCUT2D eigenvalue weighted by molar-refractivity contribution is 0.389. The molecule has 0 atom stereocenters. The molecule has 0 bridgehead atoms. The maximum atomic E-state index is 12.6. The van der Waals surface area contributed by atoms with Crippen LogP contribution in [0.15, 0.2) is 69.0 Å². The molecule has 0 unspecified atom stereocenters. The van der Waals surface area contributed by atoms with Crippen molar-refractivity contribution in [1.29, 1.82) is 0 Å². The minimum absolute atomic E-state index is 0.0251. The van der Waals surface area contributed by atoms with Crippen LogP contribution in [0.3, 0.4) is 0 Å². The molecule has 0 saturated carbocycles. The highest BCUT2D eigenvalue weighted by Crippen LogP contribution is 2.38. The summed E-state index contributed by atoms with van der Waals surface area (Å²) in [6.45, 7) is 1.88. The number of rotatable bonds is 6. The van der Waals surface area contributed by atoms with E-state index in [4.69, 9.17) is 32.1 Å². The lowest BCUT2D eigenvalue weighted by atomic mass is 10.2. The monoisotopic (exact) mass is 527 g/mol. The van der Waals surface area contributed by atoms with Crippen molar-refractivity contribution in [3.05, 3.63) is 80.2 Å². The standard InChI is InChI=1S/C21H16BrCl2NO4S/c1-13-18(24)4-3-5-19(13)25-12-14-10-17(22)21(20(11-14)28-2)29-30(26,27)16-8-6-15(23)7-9-16/h3-12H,1-2H3. The van der Waals surface area contributed by atoms with Crippen LogP contribution in [0.2, 0.25) is 10.0 Å². The molecule has 3 aromatic carbocycles. The van der Waals surface area contributed by atoms with Gasteiger partial charge in [0.15, 0.2) is 11.5 Å². The van der Waals surface area contributed by atoms with E-state index >= 15 is 0 Å². The van der Waals surface area contributed by atoms with Gasteiger partial charge in [-0.05, 0) is 82.5 Å². The van der Waals surface area contributed by atoms with E-state index in [1.54, 1.807) is 24.4 Å². The Morgan fingerprint density at radius 3 is 2.43 bits per heavy atom. The summed E-state index contributed by atoms with van der Waals surface area (Å²) in [5, 5.41) is 1.05. The average Bonchev–Trinajstić information content (AvgIpc) is 2.71. The van der Waals surface area contributed by atoms with Gasteiger partial charge >= 0.3 is 10.1 Å². The molecule has 30 heavy (non-hydrogen) atoms. The number of ether oxygens (including phenoxy) is 1. The molecule has 0 aliphatic rings. The van der Waals surface area contributed by atoms with Crippen LogP contribution in [0.4, 0.5) is 5.69 Å². The first kappa shape index (κ1) is 22.6. The fraction of sp³-hybridized carbons (Fsp3) is 0.0952. The van der Waals surface area contributed by atoms with Gasteiger partial charge in [0.25, 0.3) is 0 Å². The number of halogens is 3. The van der Waals surface area contributed by atoms with Crippen molar-refractivity contribution in [2.24, 2.45) is 4.99 Å². The second-order valence-electron chi connectivity index (χ2n) is 6.17. The fourth-order valence-electron chi connectivity index (χ4n) is 2.53. The second kappa shape index (κ2) is 9.39. The molecular weight excluding hydrogens is 513 g/mol. The zero-order valence-corrected chi connectivity index (χ0v) is 19.8. The van der Waals surface area contributed by atoms with Gasteiger partial charge in [-0.1, -0.05) is 29.3 Å². The number of benzene rings is 3. The lowest BCUT2D eigenvalue weighted by Gasteiger charge is -2.13. The highest BCUT2D eigenvalue weighted by atomic mass is 79.9. The molecule has 9 heteroatoms. The smallest absolute Gasteiger partial charge is 0.339 e. The van der Waals surface area contributed by atoms with Crippen LogP contribution >= 0.6 is 39.1 Å².